The van der Waals surface area contributed by atoms with Gasteiger partial charge in [0.2, 0.25) is 0 Å². The van der Waals surface area contributed by atoms with E-state index in [-0.39, 0.29) is 6.03 Å². The molecule has 0 radical (unpaired) electrons. The van der Waals surface area contributed by atoms with Crippen LogP contribution in [-0.4, -0.2) is 44.2 Å². The number of aryl methyl sites for hydroxylation is 1. The van der Waals surface area contributed by atoms with Gasteiger partial charge < -0.3 is 19.9 Å². The van der Waals surface area contributed by atoms with E-state index in [1.165, 1.54) is 0 Å². The van der Waals surface area contributed by atoms with Gasteiger partial charge in [0.05, 0.1) is 12.1 Å². The number of methoxy groups -OCH3 is 1. The van der Waals surface area contributed by atoms with E-state index in [0.29, 0.717) is 34.6 Å². The Hall–Kier alpha value is -2.11. The number of ether oxygens (including phenoxy) is 1. The van der Waals surface area contributed by atoms with E-state index in [2.05, 4.69) is 10.2 Å². The summed E-state index contributed by atoms with van der Waals surface area (Å²) < 4.78 is 5.19. The normalized spacial score (nSPS) is 14.3. The molecular formula is C19H21Cl2N3O2. The van der Waals surface area contributed by atoms with Gasteiger partial charge in [-0.1, -0.05) is 29.3 Å². The molecule has 1 fully saturated rings. The van der Waals surface area contributed by atoms with Crippen molar-refractivity contribution in [2.24, 2.45) is 0 Å². The van der Waals surface area contributed by atoms with Crippen molar-refractivity contribution in [3.63, 3.8) is 0 Å². The molecule has 1 N–H and O–H groups in total. The average Bonchev–Trinajstić information content (AvgIpc) is 2.65. The molecule has 2 amide bonds. The third-order valence-corrected chi connectivity index (χ3v) is 5.19. The largest absolute Gasteiger partial charge is 0.495 e. The van der Waals surface area contributed by atoms with Crippen LogP contribution in [0, 0.1) is 6.92 Å². The fourth-order valence-corrected chi connectivity index (χ4v) is 3.33. The summed E-state index contributed by atoms with van der Waals surface area (Å²) in [6.45, 7) is 4.68. The molecule has 0 bridgehead atoms. The van der Waals surface area contributed by atoms with Gasteiger partial charge in [-0.2, -0.15) is 0 Å². The van der Waals surface area contributed by atoms with Crippen molar-refractivity contribution in [2.45, 2.75) is 6.92 Å². The monoisotopic (exact) mass is 393 g/mol. The number of rotatable bonds is 3. The molecule has 0 saturated carbocycles. The minimum absolute atomic E-state index is 0.114. The predicted molar refractivity (Wildman–Crippen MR) is 107 cm³/mol. The van der Waals surface area contributed by atoms with Crippen molar-refractivity contribution in [3.05, 3.63) is 52.0 Å². The van der Waals surface area contributed by atoms with Crippen LogP contribution in [0.3, 0.4) is 0 Å². The zero-order valence-corrected chi connectivity index (χ0v) is 16.3. The predicted octanol–water partition coefficient (Wildman–Crippen LogP) is 4.66. The molecule has 0 aliphatic carbocycles. The Morgan fingerprint density at radius 1 is 1.04 bits per heavy atom. The van der Waals surface area contributed by atoms with Crippen LogP contribution >= 0.6 is 23.2 Å². The average molecular weight is 394 g/mol. The van der Waals surface area contributed by atoms with Gasteiger partial charge in [0.25, 0.3) is 0 Å². The fourth-order valence-electron chi connectivity index (χ4n) is 2.89. The number of carbonyl (C=O) groups excluding carboxylic acids is 1. The van der Waals surface area contributed by atoms with Gasteiger partial charge >= 0.3 is 6.03 Å². The van der Waals surface area contributed by atoms with Crippen LogP contribution in [0.15, 0.2) is 36.4 Å². The summed E-state index contributed by atoms with van der Waals surface area (Å²) in [7, 11) is 1.60. The van der Waals surface area contributed by atoms with E-state index >= 15 is 0 Å². The minimum Gasteiger partial charge on any atom is -0.495 e. The molecule has 0 unspecified atom stereocenters. The molecule has 2 aromatic rings. The van der Waals surface area contributed by atoms with Gasteiger partial charge in [-0.05, 0) is 42.8 Å². The van der Waals surface area contributed by atoms with Gasteiger partial charge in [-0.15, -0.1) is 0 Å². The number of nitrogens with one attached hydrogen (secondary N) is 1. The van der Waals surface area contributed by atoms with E-state index < -0.39 is 0 Å². The summed E-state index contributed by atoms with van der Waals surface area (Å²) in [4.78, 5) is 16.5. The van der Waals surface area contributed by atoms with E-state index in [1.807, 2.05) is 37.3 Å². The lowest BCUT2D eigenvalue weighted by molar-refractivity contribution is 0.208. The molecule has 5 nitrogen and oxygen atoms in total. The van der Waals surface area contributed by atoms with Gasteiger partial charge in [-0.25, -0.2) is 4.79 Å². The van der Waals surface area contributed by atoms with Gasteiger partial charge in [0.1, 0.15) is 5.75 Å². The van der Waals surface area contributed by atoms with Gasteiger partial charge in [-0.3, -0.25) is 0 Å². The summed E-state index contributed by atoms with van der Waals surface area (Å²) in [5.74, 6) is 0.658. The zero-order chi connectivity index (χ0) is 18.7. The summed E-state index contributed by atoms with van der Waals surface area (Å²) in [6.07, 6.45) is 0. The molecule has 138 valence electrons. The van der Waals surface area contributed by atoms with Crippen molar-refractivity contribution >= 4 is 40.6 Å². The smallest absolute Gasteiger partial charge is 0.321 e. The second-order valence-electron chi connectivity index (χ2n) is 6.19. The maximum atomic E-state index is 12.5. The SMILES string of the molecule is COc1ccc(N2CCN(C(=O)Nc3ccc(C)c(Cl)c3)CC2)cc1Cl. The Labute approximate surface area is 163 Å². The van der Waals surface area contributed by atoms with Crippen LogP contribution in [0.25, 0.3) is 0 Å². The Kier molecular flexibility index (Phi) is 5.79. The van der Waals surface area contributed by atoms with Crippen LogP contribution in [0.5, 0.6) is 5.75 Å². The van der Waals surface area contributed by atoms with Crippen molar-refractivity contribution in [1.29, 1.82) is 0 Å². The number of piperazine rings is 1. The number of nitrogens with zero attached hydrogens (tertiary/aromatic N) is 2. The summed E-state index contributed by atoms with van der Waals surface area (Å²) in [6, 6.07) is 11.1. The third kappa shape index (κ3) is 4.17. The van der Waals surface area contributed by atoms with Crippen LogP contribution in [0.1, 0.15) is 5.56 Å². The van der Waals surface area contributed by atoms with Crippen LogP contribution in [0.2, 0.25) is 10.0 Å². The fraction of sp³-hybridized carbons (Fsp3) is 0.316. The highest BCUT2D eigenvalue weighted by Crippen LogP contribution is 2.29. The Bertz CT molecular complexity index is 805. The van der Waals surface area contributed by atoms with E-state index in [9.17, 15) is 4.79 Å². The lowest BCUT2D eigenvalue weighted by atomic mass is 10.2. The van der Waals surface area contributed by atoms with E-state index in [1.54, 1.807) is 18.1 Å². The topological polar surface area (TPSA) is 44.8 Å². The molecule has 1 aliphatic rings. The molecule has 1 saturated heterocycles. The summed E-state index contributed by atoms with van der Waals surface area (Å²) >= 11 is 12.3. The molecule has 26 heavy (non-hydrogen) atoms. The molecule has 0 atom stereocenters. The minimum atomic E-state index is -0.114. The first-order chi connectivity index (χ1) is 12.5. The summed E-state index contributed by atoms with van der Waals surface area (Å²) in [5, 5.41) is 4.13. The standard InChI is InChI=1S/C19H21Cl2N3O2/c1-13-3-4-14(11-16(13)20)22-19(25)24-9-7-23(8-10-24)15-5-6-18(26-2)17(21)12-15/h3-6,11-12H,7-10H2,1-2H3,(H,22,25). The molecule has 0 aromatic heterocycles. The van der Waals surface area contributed by atoms with Gasteiger partial charge in [0.15, 0.2) is 0 Å². The molecular weight excluding hydrogens is 373 g/mol. The number of hydrogen-bond donors (Lipinski definition) is 1. The number of carbonyl (C=O) groups is 1. The maximum Gasteiger partial charge on any atom is 0.321 e. The Balaban J connectivity index is 1.58. The lowest BCUT2D eigenvalue weighted by Gasteiger charge is -2.36. The Morgan fingerprint density at radius 3 is 2.38 bits per heavy atom. The first-order valence-electron chi connectivity index (χ1n) is 8.38. The van der Waals surface area contributed by atoms with Crippen LogP contribution in [-0.2, 0) is 0 Å². The molecule has 2 aromatic carbocycles. The third-order valence-electron chi connectivity index (χ3n) is 4.49. The van der Waals surface area contributed by atoms with Gasteiger partial charge in [0, 0.05) is 42.6 Å². The maximum absolute atomic E-state index is 12.5. The first kappa shape index (κ1) is 18.7. The van der Waals surface area contributed by atoms with Crippen molar-refractivity contribution in [2.75, 3.05) is 43.5 Å². The number of amides is 2. The molecule has 1 aliphatic heterocycles. The molecule has 3 rings (SSSR count). The lowest BCUT2D eigenvalue weighted by Crippen LogP contribution is -2.50. The van der Waals surface area contributed by atoms with Crippen molar-refractivity contribution < 1.29 is 9.53 Å². The molecule has 1 heterocycles. The highest BCUT2D eigenvalue weighted by Gasteiger charge is 2.22. The van der Waals surface area contributed by atoms with E-state index in [0.717, 1.165) is 24.3 Å². The van der Waals surface area contributed by atoms with Crippen LogP contribution < -0.4 is 15.0 Å². The molecule has 7 heteroatoms. The number of benzene rings is 2. The molecule has 0 spiro atoms. The number of urea groups is 1. The highest BCUT2D eigenvalue weighted by molar-refractivity contribution is 6.32. The number of anilines is 2. The van der Waals surface area contributed by atoms with Crippen molar-refractivity contribution in [1.82, 2.24) is 4.90 Å². The van der Waals surface area contributed by atoms with E-state index in [4.69, 9.17) is 27.9 Å². The highest BCUT2D eigenvalue weighted by atomic mass is 35.5. The number of halogens is 2. The quantitative estimate of drug-likeness (QED) is 0.823. The summed E-state index contributed by atoms with van der Waals surface area (Å²) in [5.41, 5.74) is 2.72. The zero-order valence-electron chi connectivity index (χ0n) is 14.8. The first-order valence-corrected chi connectivity index (χ1v) is 9.14. The Morgan fingerprint density at radius 2 is 1.77 bits per heavy atom. The second-order valence-corrected chi connectivity index (χ2v) is 7.00. The second kappa shape index (κ2) is 8.06. The van der Waals surface area contributed by atoms with Crippen LogP contribution in [0.4, 0.5) is 16.2 Å². The number of hydrogen-bond acceptors (Lipinski definition) is 3. The van der Waals surface area contributed by atoms with Crippen molar-refractivity contribution in [3.8, 4) is 5.75 Å².